The highest BCUT2D eigenvalue weighted by atomic mass is 16.2. The lowest BCUT2D eigenvalue weighted by Crippen LogP contribution is -2.29. The van der Waals surface area contributed by atoms with E-state index in [4.69, 9.17) is 4.98 Å². The molecule has 0 unspecified atom stereocenters. The number of piperidine rings is 1. The Morgan fingerprint density at radius 2 is 1.82 bits per heavy atom. The highest BCUT2D eigenvalue weighted by molar-refractivity contribution is 5.97. The Labute approximate surface area is 195 Å². The number of carbonyl (C=O) groups is 1. The summed E-state index contributed by atoms with van der Waals surface area (Å²) in [5.41, 5.74) is 2.80. The fourth-order valence-electron chi connectivity index (χ4n) is 5.17. The van der Waals surface area contributed by atoms with E-state index >= 15 is 0 Å². The molecule has 33 heavy (non-hydrogen) atoms. The van der Waals surface area contributed by atoms with E-state index in [1.165, 1.54) is 31.2 Å². The van der Waals surface area contributed by atoms with Gasteiger partial charge in [-0.05, 0) is 69.4 Å². The van der Waals surface area contributed by atoms with Gasteiger partial charge in [-0.3, -0.25) is 4.79 Å². The summed E-state index contributed by atoms with van der Waals surface area (Å²) in [4.78, 5) is 30.8. The topological polar surface area (TPSA) is 79.2 Å². The predicted molar refractivity (Wildman–Crippen MR) is 130 cm³/mol. The van der Waals surface area contributed by atoms with Crippen molar-refractivity contribution in [3.8, 4) is 0 Å². The SMILES string of the molecule is CN1CCC(c2ccc(Nc3ncc4cc(C(=O)N(C)C)n(C5CCCC5)c4n3)nc2)CC1. The summed E-state index contributed by atoms with van der Waals surface area (Å²) >= 11 is 0. The molecule has 0 atom stereocenters. The van der Waals surface area contributed by atoms with Gasteiger partial charge in [-0.1, -0.05) is 18.9 Å². The van der Waals surface area contributed by atoms with Crippen LogP contribution in [0.4, 0.5) is 11.8 Å². The molecule has 1 aliphatic heterocycles. The van der Waals surface area contributed by atoms with Gasteiger partial charge in [0, 0.05) is 37.9 Å². The summed E-state index contributed by atoms with van der Waals surface area (Å²) in [5.74, 6) is 1.82. The van der Waals surface area contributed by atoms with E-state index < -0.39 is 0 Å². The number of carbonyl (C=O) groups excluding carboxylic acids is 1. The number of pyridine rings is 1. The van der Waals surface area contributed by atoms with Crippen LogP contribution < -0.4 is 5.32 Å². The van der Waals surface area contributed by atoms with Crippen molar-refractivity contribution >= 4 is 28.7 Å². The second kappa shape index (κ2) is 9.09. The number of rotatable bonds is 5. The number of anilines is 2. The molecule has 3 aromatic heterocycles. The molecule has 4 heterocycles. The van der Waals surface area contributed by atoms with Crippen molar-refractivity contribution in [2.75, 3.05) is 39.5 Å². The van der Waals surface area contributed by atoms with Crippen LogP contribution in [0.5, 0.6) is 0 Å². The van der Waals surface area contributed by atoms with Gasteiger partial charge >= 0.3 is 0 Å². The molecule has 1 amide bonds. The van der Waals surface area contributed by atoms with Crippen LogP contribution in [0.1, 0.15) is 66.5 Å². The van der Waals surface area contributed by atoms with E-state index in [1.54, 1.807) is 25.2 Å². The van der Waals surface area contributed by atoms with Gasteiger partial charge in [0.25, 0.3) is 5.91 Å². The van der Waals surface area contributed by atoms with Crippen LogP contribution >= 0.6 is 0 Å². The third kappa shape index (κ3) is 4.44. The first-order chi connectivity index (χ1) is 16.0. The molecule has 8 nitrogen and oxygen atoms in total. The van der Waals surface area contributed by atoms with Crippen LogP contribution in [-0.2, 0) is 0 Å². The molecule has 1 N–H and O–H groups in total. The van der Waals surface area contributed by atoms with Crippen molar-refractivity contribution in [1.82, 2.24) is 29.3 Å². The van der Waals surface area contributed by atoms with Gasteiger partial charge in [0.2, 0.25) is 5.95 Å². The average Bonchev–Trinajstić information content (AvgIpc) is 3.47. The van der Waals surface area contributed by atoms with Gasteiger partial charge in [-0.15, -0.1) is 0 Å². The zero-order valence-electron chi connectivity index (χ0n) is 19.8. The van der Waals surface area contributed by atoms with E-state index in [-0.39, 0.29) is 5.91 Å². The van der Waals surface area contributed by atoms with E-state index in [0.29, 0.717) is 23.6 Å². The number of hydrogen-bond donors (Lipinski definition) is 1. The number of nitrogens with zero attached hydrogens (tertiary/aromatic N) is 6. The van der Waals surface area contributed by atoms with Crippen LogP contribution in [0.25, 0.3) is 11.0 Å². The summed E-state index contributed by atoms with van der Waals surface area (Å²) in [5, 5.41) is 4.15. The van der Waals surface area contributed by atoms with Crippen LogP contribution in [-0.4, -0.2) is 69.5 Å². The van der Waals surface area contributed by atoms with Crippen LogP contribution in [0.2, 0.25) is 0 Å². The number of nitrogens with one attached hydrogen (secondary N) is 1. The Morgan fingerprint density at radius 3 is 2.48 bits per heavy atom. The van der Waals surface area contributed by atoms with E-state index in [0.717, 1.165) is 42.8 Å². The summed E-state index contributed by atoms with van der Waals surface area (Å²) in [6.45, 7) is 2.27. The van der Waals surface area contributed by atoms with Crippen molar-refractivity contribution in [1.29, 1.82) is 0 Å². The molecule has 2 aliphatic rings. The zero-order chi connectivity index (χ0) is 22.9. The van der Waals surface area contributed by atoms with Crippen molar-refractivity contribution in [2.45, 2.75) is 50.5 Å². The monoisotopic (exact) mass is 447 g/mol. The molecule has 8 heteroatoms. The lowest BCUT2D eigenvalue weighted by molar-refractivity contribution is 0.0815. The molecule has 0 radical (unpaired) electrons. The Bertz CT molecular complexity index is 1120. The van der Waals surface area contributed by atoms with E-state index in [2.05, 4.69) is 37.9 Å². The number of hydrogen-bond acceptors (Lipinski definition) is 6. The van der Waals surface area contributed by atoms with E-state index in [1.807, 2.05) is 18.3 Å². The fraction of sp³-hybridized carbons (Fsp3) is 0.520. The average molecular weight is 448 g/mol. The highest BCUT2D eigenvalue weighted by Gasteiger charge is 2.26. The predicted octanol–water partition coefficient (Wildman–Crippen LogP) is 4.20. The molecule has 1 saturated carbocycles. The van der Waals surface area contributed by atoms with Crippen molar-refractivity contribution in [2.24, 2.45) is 0 Å². The Kier molecular flexibility index (Phi) is 6.01. The molecular formula is C25H33N7O. The van der Waals surface area contributed by atoms with Gasteiger partial charge in [0.05, 0.1) is 0 Å². The standard InChI is InChI=1S/C25H33N7O/c1-30(2)24(33)21-14-19-16-27-25(29-23(19)32(21)20-6-4-5-7-20)28-22-9-8-18(15-26-22)17-10-12-31(3)13-11-17/h8-9,14-17,20H,4-7,10-13H2,1-3H3,(H,26,27,28,29). The summed E-state index contributed by atoms with van der Waals surface area (Å²) in [7, 11) is 5.76. The first-order valence-electron chi connectivity index (χ1n) is 12.0. The van der Waals surface area contributed by atoms with Crippen molar-refractivity contribution < 1.29 is 4.79 Å². The van der Waals surface area contributed by atoms with Gasteiger partial charge in [-0.2, -0.15) is 4.98 Å². The smallest absolute Gasteiger partial charge is 0.270 e. The summed E-state index contributed by atoms with van der Waals surface area (Å²) in [6.07, 6.45) is 10.6. The molecule has 1 saturated heterocycles. The fourth-order valence-corrected chi connectivity index (χ4v) is 5.17. The minimum Gasteiger partial charge on any atom is -0.343 e. The van der Waals surface area contributed by atoms with Gasteiger partial charge in [-0.25, -0.2) is 9.97 Å². The zero-order valence-corrected chi connectivity index (χ0v) is 19.8. The van der Waals surface area contributed by atoms with Crippen molar-refractivity contribution in [3.05, 3.63) is 41.9 Å². The molecule has 0 spiro atoms. The Hall–Kier alpha value is -3.00. The maximum Gasteiger partial charge on any atom is 0.270 e. The third-order valence-electron chi connectivity index (χ3n) is 7.11. The van der Waals surface area contributed by atoms with E-state index in [9.17, 15) is 4.79 Å². The molecule has 1 aliphatic carbocycles. The number of amides is 1. The number of fused-ring (bicyclic) bond motifs is 1. The molecule has 2 fully saturated rings. The maximum atomic E-state index is 12.9. The first-order valence-corrected chi connectivity index (χ1v) is 12.0. The second-order valence-electron chi connectivity index (χ2n) is 9.69. The van der Waals surface area contributed by atoms with Crippen LogP contribution in [0.3, 0.4) is 0 Å². The molecular weight excluding hydrogens is 414 g/mol. The largest absolute Gasteiger partial charge is 0.343 e. The van der Waals surface area contributed by atoms with Gasteiger partial charge in [0.15, 0.2) is 0 Å². The Morgan fingerprint density at radius 1 is 1.06 bits per heavy atom. The minimum absolute atomic E-state index is 0.000529. The molecule has 174 valence electrons. The second-order valence-corrected chi connectivity index (χ2v) is 9.69. The highest BCUT2D eigenvalue weighted by Crippen LogP contribution is 2.35. The van der Waals surface area contributed by atoms with Crippen molar-refractivity contribution in [3.63, 3.8) is 0 Å². The summed E-state index contributed by atoms with van der Waals surface area (Å²) in [6, 6.07) is 6.40. The molecule has 0 aromatic carbocycles. The lowest BCUT2D eigenvalue weighted by Gasteiger charge is -2.29. The quantitative estimate of drug-likeness (QED) is 0.632. The number of likely N-dealkylation sites (tertiary alicyclic amines) is 1. The molecule has 3 aromatic rings. The minimum atomic E-state index is 0.000529. The van der Waals surface area contributed by atoms with Crippen LogP contribution in [0.15, 0.2) is 30.6 Å². The number of aromatic nitrogens is 4. The normalized spacial score (nSPS) is 18.2. The molecule has 5 rings (SSSR count). The Balaban J connectivity index is 1.41. The molecule has 0 bridgehead atoms. The van der Waals surface area contributed by atoms with Gasteiger partial charge in [0.1, 0.15) is 17.2 Å². The maximum absolute atomic E-state index is 12.9. The van der Waals surface area contributed by atoms with Gasteiger partial charge < -0.3 is 19.7 Å². The third-order valence-corrected chi connectivity index (χ3v) is 7.11. The first kappa shape index (κ1) is 21.8. The van der Waals surface area contributed by atoms with Crippen LogP contribution in [0, 0.1) is 0 Å². The lowest BCUT2D eigenvalue weighted by atomic mass is 9.91. The summed E-state index contributed by atoms with van der Waals surface area (Å²) < 4.78 is 2.13.